The number of thiazole rings is 1. The van der Waals surface area contributed by atoms with Gasteiger partial charge in [0.05, 0.1) is 21.8 Å². The van der Waals surface area contributed by atoms with Crippen molar-refractivity contribution in [1.29, 1.82) is 0 Å². The van der Waals surface area contributed by atoms with E-state index in [0.29, 0.717) is 16.6 Å². The third kappa shape index (κ3) is 4.21. The third-order valence-corrected chi connectivity index (χ3v) is 8.56. The zero-order valence-electron chi connectivity index (χ0n) is 22.6. The Kier molecular flexibility index (Phi) is 6.07. The first-order valence-corrected chi connectivity index (χ1v) is 14.0. The van der Waals surface area contributed by atoms with Gasteiger partial charge in [0.1, 0.15) is 17.6 Å². The number of hydrogen-bond acceptors (Lipinski definition) is 6. The molecule has 0 radical (unpaired) electrons. The van der Waals surface area contributed by atoms with Crippen molar-refractivity contribution in [3.8, 4) is 5.75 Å². The Labute approximate surface area is 231 Å². The van der Waals surface area contributed by atoms with Crippen LogP contribution in [-0.2, 0) is 16.0 Å². The molecule has 2 aliphatic rings. The summed E-state index contributed by atoms with van der Waals surface area (Å²) in [6.07, 6.45) is 0.767. The van der Waals surface area contributed by atoms with Crippen molar-refractivity contribution in [3.63, 3.8) is 0 Å². The first-order chi connectivity index (χ1) is 18.6. The molecule has 2 atom stereocenters. The van der Waals surface area contributed by atoms with Crippen LogP contribution in [0.15, 0.2) is 60.2 Å². The van der Waals surface area contributed by atoms with Crippen molar-refractivity contribution >= 4 is 44.1 Å². The van der Waals surface area contributed by atoms with E-state index >= 15 is 0 Å². The number of benzene rings is 3. The highest BCUT2D eigenvalue weighted by molar-refractivity contribution is 7.22. The van der Waals surface area contributed by atoms with E-state index in [-0.39, 0.29) is 17.4 Å². The van der Waals surface area contributed by atoms with Crippen LogP contribution < -0.4 is 9.64 Å². The fourth-order valence-corrected chi connectivity index (χ4v) is 6.76. The highest BCUT2D eigenvalue weighted by Gasteiger charge is 2.48. The number of ether oxygens (including phenoxy) is 1. The van der Waals surface area contributed by atoms with Crippen LogP contribution >= 0.6 is 11.3 Å². The van der Waals surface area contributed by atoms with Gasteiger partial charge >= 0.3 is 5.91 Å². The number of carbonyl (C=O) groups is 2. The number of hydrogen-bond donors (Lipinski definition) is 1. The lowest BCUT2D eigenvalue weighted by Gasteiger charge is -2.23. The molecule has 7 heteroatoms. The van der Waals surface area contributed by atoms with Crippen LogP contribution in [0.3, 0.4) is 0 Å². The number of ketones is 1. The van der Waals surface area contributed by atoms with E-state index < -0.39 is 17.7 Å². The molecule has 1 N–H and O–H groups in total. The van der Waals surface area contributed by atoms with Crippen molar-refractivity contribution < 1.29 is 19.4 Å². The summed E-state index contributed by atoms with van der Waals surface area (Å²) in [6.45, 7) is 10.2. The Morgan fingerprint density at radius 3 is 2.54 bits per heavy atom. The lowest BCUT2D eigenvalue weighted by atomic mass is 9.93. The predicted octanol–water partition coefficient (Wildman–Crippen LogP) is 6.99. The first-order valence-electron chi connectivity index (χ1n) is 13.2. The van der Waals surface area contributed by atoms with Crippen LogP contribution in [0.1, 0.15) is 66.1 Å². The molecule has 39 heavy (non-hydrogen) atoms. The van der Waals surface area contributed by atoms with E-state index in [1.807, 2.05) is 63.2 Å². The molecule has 1 amide bonds. The Morgan fingerprint density at radius 2 is 1.82 bits per heavy atom. The number of aromatic nitrogens is 1. The van der Waals surface area contributed by atoms with Gasteiger partial charge in [-0.3, -0.25) is 14.5 Å². The van der Waals surface area contributed by atoms with Crippen molar-refractivity contribution in [2.75, 3.05) is 4.90 Å². The summed E-state index contributed by atoms with van der Waals surface area (Å²) in [7, 11) is 0. The summed E-state index contributed by atoms with van der Waals surface area (Å²) < 4.78 is 6.76. The van der Waals surface area contributed by atoms with E-state index in [4.69, 9.17) is 9.72 Å². The lowest BCUT2D eigenvalue weighted by molar-refractivity contribution is -0.132. The molecule has 0 bridgehead atoms. The van der Waals surface area contributed by atoms with Gasteiger partial charge in [-0.2, -0.15) is 0 Å². The summed E-state index contributed by atoms with van der Waals surface area (Å²) >= 11 is 1.38. The normalized spacial score (nSPS) is 20.2. The standard InChI is InChI=1S/C32H30N2O4S/c1-16(2)20-6-8-21(9-7-20)28-26(29(35)22-10-11-24-23(15-22)14-19(5)38-24)30(36)31(37)34(28)32-33-27-18(4)12-17(3)13-25(27)39-32/h6-13,15-16,19,28,35H,14H2,1-5H3/t19-,28+/m0/s1. The molecule has 6 rings (SSSR count). The molecule has 1 aromatic heterocycles. The SMILES string of the molecule is Cc1cc(C)c2nc(N3C(=O)C(=O)C(=C(O)c4ccc5c(c4)C[C@H](C)O5)[C@H]3c3ccc(C(C)C)cc3)sc2c1. The molecule has 0 spiro atoms. The van der Waals surface area contributed by atoms with Crippen LogP contribution in [0.2, 0.25) is 0 Å². The molecule has 2 aliphatic heterocycles. The van der Waals surface area contributed by atoms with E-state index in [0.717, 1.165) is 50.2 Å². The topological polar surface area (TPSA) is 79.7 Å². The first kappa shape index (κ1) is 25.3. The molecule has 1 saturated heterocycles. The maximum absolute atomic E-state index is 13.6. The highest BCUT2D eigenvalue weighted by Crippen LogP contribution is 2.45. The van der Waals surface area contributed by atoms with Gasteiger partial charge in [0, 0.05) is 12.0 Å². The molecule has 0 aliphatic carbocycles. The molecule has 4 aromatic rings. The molecule has 198 valence electrons. The lowest BCUT2D eigenvalue weighted by Crippen LogP contribution is -2.29. The van der Waals surface area contributed by atoms with Gasteiger partial charge in [-0.1, -0.05) is 55.5 Å². The second-order valence-electron chi connectivity index (χ2n) is 10.9. The maximum atomic E-state index is 13.6. The summed E-state index contributed by atoms with van der Waals surface area (Å²) in [5.74, 6) is -0.495. The number of anilines is 1. The number of nitrogens with zero attached hydrogens (tertiary/aromatic N) is 2. The minimum absolute atomic E-state index is 0.0496. The molecule has 1 fully saturated rings. The van der Waals surface area contributed by atoms with Gasteiger partial charge in [-0.15, -0.1) is 0 Å². The van der Waals surface area contributed by atoms with Gasteiger partial charge in [0.25, 0.3) is 5.78 Å². The number of aryl methyl sites for hydroxylation is 2. The van der Waals surface area contributed by atoms with Gasteiger partial charge < -0.3 is 9.84 Å². The van der Waals surface area contributed by atoms with Crippen molar-refractivity contribution in [2.24, 2.45) is 0 Å². The summed E-state index contributed by atoms with van der Waals surface area (Å²) in [6, 6.07) is 16.6. The zero-order chi connectivity index (χ0) is 27.6. The molecule has 3 heterocycles. The quantitative estimate of drug-likeness (QED) is 0.172. The summed E-state index contributed by atoms with van der Waals surface area (Å²) in [5.41, 5.74) is 6.34. The second kappa shape index (κ2) is 9.35. The number of aliphatic hydroxyl groups is 1. The molecule has 0 saturated carbocycles. The molecule has 3 aromatic carbocycles. The molecule has 6 nitrogen and oxygen atoms in total. The number of Topliss-reactive ketones (excluding diaryl/α,β-unsaturated/α-hetero) is 1. The van der Waals surface area contributed by atoms with Crippen molar-refractivity contribution in [3.05, 3.63) is 93.6 Å². The fourth-order valence-electron chi connectivity index (χ4n) is 5.60. The Morgan fingerprint density at radius 1 is 1.08 bits per heavy atom. The Bertz CT molecular complexity index is 1680. The smallest absolute Gasteiger partial charge is 0.301 e. The minimum atomic E-state index is -0.809. The largest absolute Gasteiger partial charge is 0.507 e. The van der Waals surface area contributed by atoms with E-state index in [1.54, 1.807) is 6.07 Å². The minimum Gasteiger partial charge on any atom is -0.507 e. The Hall–Kier alpha value is -3.97. The summed E-state index contributed by atoms with van der Waals surface area (Å²) in [5, 5.41) is 12.0. The third-order valence-electron chi connectivity index (χ3n) is 7.56. The zero-order valence-corrected chi connectivity index (χ0v) is 23.4. The average molecular weight is 539 g/mol. The van der Waals surface area contributed by atoms with E-state index in [9.17, 15) is 14.7 Å². The number of rotatable bonds is 4. The average Bonchev–Trinajstić information content (AvgIpc) is 3.56. The monoisotopic (exact) mass is 538 g/mol. The number of fused-ring (bicyclic) bond motifs is 2. The van der Waals surface area contributed by atoms with Gasteiger partial charge in [-0.05, 0) is 78.8 Å². The van der Waals surface area contributed by atoms with Crippen LogP contribution in [0, 0.1) is 13.8 Å². The highest BCUT2D eigenvalue weighted by atomic mass is 32.1. The molecular formula is C32H30N2O4S. The number of carbonyl (C=O) groups excluding carboxylic acids is 2. The fraction of sp³-hybridized carbons (Fsp3) is 0.281. The van der Waals surface area contributed by atoms with Crippen LogP contribution in [0.5, 0.6) is 5.75 Å². The van der Waals surface area contributed by atoms with E-state index in [1.165, 1.54) is 16.2 Å². The van der Waals surface area contributed by atoms with Gasteiger partial charge in [0.2, 0.25) is 0 Å². The molecular weight excluding hydrogens is 508 g/mol. The van der Waals surface area contributed by atoms with Crippen molar-refractivity contribution in [2.45, 2.75) is 59.1 Å². The van der Waals surface area contributed by atoms with Crippen LogP contribution in [0.4, 0.5) is 5.13 Å². The second-order valence-corrected chi connectivity index (χ2v) is 11.9. The van der Waals surface area contributed by atoms with Gasteiger partial charge in [-0.25, -0.2) is 4.98 Å². The predicted molar refractivity (Wildman–Crippen MR) is 155 cm³/mol. The molecule has 0 unspecified atom stereocenters. The van der Waals surface area contributed by atoms with Gasteiger partial charge in [0.15, 0.2) is 5.13 Å². The maximum Gasteiger partial charge on any atom is 0.301 e. The summed E-state index contributed by atoms with van der Waals surface area (Å²) in [4.78, 5) is 33.5. The van der Waals surface area contributed by atoms with Crippen molar-refractivity contribution in [1.82, 2.24) is 4.98 Å². The van der Waals surface area contributed by atoms with E-state index in [2.05, 4.69) is 19.9 Å². The Balaban J connectivity index is 1.54. The number of amides is 1. The van der Waals surface area contributed by atoms with Crippen LogP contribution in [-0.4, -0.2) is 27.9 Å². The van der Waals surface area contributed by atoms with Crippen LogP contribution in [0.25, 0.3) is 16.0 Å². The number of aliphatic hydroxyl groups excluding tert-OH is 1.